The van der Waals surface area contributed by atoms with E-state index in [2.05, 4.69) is 44.3 Å². The van der Waals surface area contributed by atoms with Crippen LogP contribution in [0.15, 0.2) is 6.20 Å². The number of nitrogens with one attached hydrogen (secondary N) is 1. The highest BCUT2D eigenvalue weighted by molar-refractivity contribution is 6.74. The quantitative estimate of drug-likeness (QED) is 0.311. The summed E-state index contributed by atoms with van der Waals surface area (Å²) >= 11 is 0. The fourth-order valence-electron chi connectivity index (χ4n) is 1.92. The summed E-state index contributed by atoms with van der Waals surface area (Å²) < 4.78 is 12.7. The molecule has 0 aliphatic heterocycles. The summed E-state index contributed by atoms with van der Waals surface area (Å²) in [6, 6.07) is 0. The predicted octanol–water partition coefficient (Wildman–Crippen LogP) is 4.55. The maximum absolute atomic E-state index is 11.9. The second kappa shape index (κ2) is 8.38. The summed E-state index contributed by atoms with van der Waals surface area (Å²) in [5.41, 5.74) is -0.978. The molecule has 0 aliphatic carbocycles. The lowest BCUT2D eigenvalue weighted by Crippen LogP contribution is -2.41. The van der Waals surface area contributed by atoms with E-state index in [0.717, 1.165) is 0 Å². The Kier molecular flexibility index (Phi) is 7.17. The number of carbonyl (C=O) groups is 1. The number of aryl methyl sites for hydroxylation is 1. The van der Waals surface area contributed by atoms with Crippen LogP contribution < -0.4 is 5.32 Å². The fraction of sp³-hybridized carbons (Fsp3) is 0.765. The molecular formula is C17H32N4O5Si. The van der Waals surface area contributed by atoms with E-state index >= 15 is 0 Å². The van der Waals surface area contributed by atoms with Gasteiger partial charge in [0.1, 0.15) is 11.8 Å². The molecule has 0 aromatic carbocycles. The van der Waals surface area contributed by atoms with Gasteiger partial charge in [-0.1, -0.05) is 20.8 Å². The Morgan fingerprint density at radius 1 is 1.30 bits per heavy atom. The number of hydrogen-bond donors (Lipinski definition) is 1. The summed E-state index contributed by atoms with van der Waals surface area (Å²) in [6.07, 6.45) is 1.19. The molecule has 0 saturated carbocycles. The minimum Gasteiger partial charge on any atom is -0.444 e. The van der Waals surface area contributed by atoms with Gasteiger partial charge < -0.3 is 9.16 Å². The zero-order valence-corrected chi connectivity index (χ0v) is 18.6. The second-order valence-corrected chi connectivity index (χ2v) is 13.8. The Bertz CT molecular complexity index is 674. The molecule has 27 heavy (non-hydrogen) atoms. The third-order valence-corrected chi connectivity index (χ3v) is 8.90. The van der Waals surface area contributed by atoms with Gasteiger partial charge >= 0.3 is 11.8 Å². The molecule has 1 heterocycles. The average molecular weight is 401 g/mol. The number of nitro groups is 1. The van der Waals surface area contributed by atoms with Gasteiger partial charge in [-0.3, -0.25) is 20.1 Å². The molecule has 1 aromatic rings. The second-order valence-electron chi connectivity index (χ2n) is 8.97. The Balaban J connectivity index is 2.70. The first kappa shape index (κ1) is 23.1. The number of nitrogens with zero attached hydrogens (tertiary/aromatic N) is 3. The number of rotatable bonds is 7. The molecule has 0 saturated heterocycles. The molecule has 0 unspecified atom stereocenters. The van der Waals surface area contributed by atoms with Gasteiger partial charge in [-0.25, -0.2) is 4.79 Å². The largest absolute Gasteiger partial charge is 0.444 e. The number of hydrogen-bond acceptors (Lipinski definition) is 6. The molecule has 0 bridgehead atoms. The van der Waals surface area contributed by atoms with Crippen LogP contribution in [0.4, 0.5) is 16.3 Å². The normalized spacial score (nSPS) is 12.7. The van der Waals surface area contributed by atoms with Gasteiger partial charge in [-0.2, -0.15) is 0 Å². The van der Waals surface area contributed by atoms with E-state index in [1.54, 1.807) is 20.8 Å². The van der Waals surface area contributed by atoms with E-state index in [0.29, 0.717) is 19.6 Å². The van der Waals surface area contributed by atoms with Gasteiger partial charge in [0.2, 0.25) is 5.82 Å². The number of carbonyl (C=O) groups excluding carboxylic acids is 1. The average Bonchev–Trinajstić information content (AvgIpc) is 2.83. The molecule has 0 radical (unpaired) electrons. The van der Waals surface area contributed by atoms with Crippen LogP contribution in [0.3, 0.4) is 0 Å². The Morgan fingerprint density at radius 3 is 2.37 bits per heavy atom. The van der Waals surface area contributed by atoms with E-state index in [-0.39, 0.29) is 16.5 Å². The van der Waals surface area contributed by atoms with Crippen molar-refractivity contribution in [2.24, 2.45) is 0 Å². The molecular weight excluding hydrogens is 368 g/mol. The molecule has 0 spiro atoms. The molecule has 0 aliphatic rings. The Morgan fingerprint density at radius 2 is 1.89 bits per heavy atom. The summed E-state index contributed by atoms with van der Waals surface area (Å²) in [5.74, 6) is -0.125. The maximum Gasteiger partial charge on any atom is 0.413 e. The first-order chi connectivity index (χ1) is 12.1. The summed E-state index contributed by atoms with van der Waals surface area (Å²) in [7, 11) is -1.82. The van der Waals surface area contributed by atoms with E-state index in [9.17, 15) is 14.9 Å². The highest BCUT2D eigenvalue weighted by Gasteiger charge is 2.36. The number of anilines is 1. The molecule has 0 atom stereocenters. The van der Waals surface area contributed by atoms with Crippen LogP contribution in [0.5, 0.6) is 0 Å². The molecule has 1 amide bonds. The monoisotopic (exact) mass is 400 g/mol. The smallest absolute Gasteiger partial charge is 0.413 e. The van der Waals surface area contributed by atoms with Crippen molar-refractivity contribution in [3.8, 4) is 0 Å². The SMILES string of the molecule is CC(C)(C)OC(=O)Nc1nn(CCCO[Si](C)(C)C(C)(C)C)cc1[N+](=O)[O-]. The minimum atomic E-state index is -1.82. The van der Waals surface area contributed by atoms with Gasteiger partial charge in [-0.05, 0) is 45.3 Å². The van der Waals surface area contributed by atoms with Crippen molar-refractivity contribution in [2.75, 3.05) is 11.9 Å². The third kappa shape index (κ3) is 7.29. The molecule has 154 valence electrons. The van der Waals surface area contributed by atoms with Crippen molar-refractivity contribution in [3.05, 3.63) is 16.3 Å². The van der Waals surface area contributed by atoms with Crippen LogP contribution >= 0.6 is 0 Å². The lowest BCUT2D eigenvalue weighted by molar-refractivity contribution is -0.384. The van der Waals surface area contributed by atoms with Crippen LogP contribution in [0.25, 0.3) is 0 Å². The molecule has 1 rings (SSSR count). The van der Waals surface area contributed by atoms with E-state index < -0.39 is 24.9 Å². The zero-order valence-electron chi connectivity index (χ0n) is 17.6. The maximum atomic E-state index is 11.9. The summed E-state index contributed by atoms with van der Waals surface area (Å²) in [4.78, 5) is 22.5. The number of aromatic nitrogens is 2. The topological polar surface area (TPSA) is 109 Å². The highest BCUT2D eigenvalue weighted by Crippen LogP contribution is 2.36. The predicted molar refractivity (Wildman–Crippen MR) is 107 cm³/mol. The fourth-order valence-corrected chi connectivity index (χ4v) is 3.01. The van der Waals surface area contributed by atoms with Crippen molar-refractivity contribution < 1.29 is 18.9 Å². The summed E-state index contributed by atoms with van der Waals surface area (Å²) in [5, 5.41) is 17.8. The third-order valence-electron chi connectivity index (χ3n) is 4.36. The molecule has 1 aromatic heterocycles. The Labute approximate surface area is 161 Å². The highest BCUT2D eigenvalue weighted by atomic mass is 28.4. The number of amides is 1. The zero-order chi connectivity index (χ0) is 21.0. The first-order valence-corrected chi connectivity index (χ1v) is 11.9. The van der Waals surface area contributed by atoms with Gasteiger partial charge in [-0.15, -0.1) is 5.10 Å². The molecule has 1 N–H and O–H groups in total. The molecule has 0 fully saturated rings. The number of ether oxygens (including phenoxy) is 1. The lowest BCUT2D eigenvalue weighted by atomic mass is 10.2. The van der Waals surface area contributed by atoms with Crippen LogP contribution in [-0.4, -0.2) is 41.3 Å². The van der Waals surface area contributed by atoms with Crippen LogP contribution in [0, 0.1) is 10.1 Å². The van der Waals surface area contributed by atoms with Gasteiger partial charge in [0.25, 0.3) is 0 Å². The van der Waals surface area contributed by atoms with E-state index in [4.69, 9.17) is 9.16 Å². The standard InChI is InChI=1S/C17H32N4O5Si/c1-16(2,3)26-15(22)18-14-13(21(23)24)12-20(19-14)10-9-11-25-27(7,8)17(4,5)6/h12H,9-11H2,1-8H3,(H,18,19,22). The van der Waals surface area contributed by atoms with Crippen molar-refractivity contribution >= 4 is 25.9 Å². The van der Waals surface area contributed by atoms with E-state index in [1.807, 2.05) is 0 Å². The van der Waals surface area contributed by atoms with Gasteiger partial charge in [0.05, 0.1) is 4.92 Å². The van der Waals surface area contributed by atoms with Crippen LogP contribution in [0.1, 0.15) is 48.0 Å². The van der Waals surface area contributed by atoms with Gasteiger partial charge in [0.15, 0.2) is 8.32 Å². The van der Waals surface area contributed by atoms with E-state index in [1.165, 1.54) is 10.9 Å². The molecule has 9 nitrogen and oxygen atoms in total. The van der Waals surface area contributed by atoms with Gasteiger partial charge in [0, 0.05) is 13.2 Å². The van der Waals surface area contributed by atoms with Crippen molar-refractivity contribution in [1.82, 2.24) is 9.78 Å². The lowest BCUT2D eigenvalue weighted by Gasteiger charge is -2.36. The Hall–Kier alpha value is -1.94. The first-order valence-electron chi connectivity index (χ1n) is 8.98. The minimum absolute atomic E-state index is 0.125. The van der Waals surface area contributed by atoms with Crippen LogP contribution in [0.2, 0.25) is 18.1 Å². The van der Waals surface area contributed by atoms with Crippen molar-refractivity contribution in [2.45, 2.75) is 78.2 Å². The van der Waals surface area contributed by atoms with Crippen molar-refractivity contribution in [1.29, 1.82) is 0 Å². The molecule has 10 heteroatoms. The van der Waals surface area contributed by atoms with Crippen molar-refractivity contribution in [3.63, 3.8) is 0 Å². The summed E-state index contributed by atoms with van der Waals surface area (Å²) in [6.45, 7) is 17.0. The van der Waals surface area contributed by atoms with Crippen LogP contribution in [-0.2, 0) is 15.7 Å².